The molecule has 4 amide bonds. The summed E-state index contributed by atoms with van der Waals surface area (Å²) in [6, 6.07) is 6.00. The van der Waals surface area contributed by atoms with Gasteiger partial charge in [-0.1, -0.05) is 25.4 Å². The molecule has 0 spiro atoms. The Hall–Kier alpha value is -2.98. The maximum atomic E-state index is 12.9. The zero-order chi connectivity index (χ0) is 25.4. The van der Waals surface area contributed by atoms with Crippen molar-refractivity contribution in [3.63, 3.8) is 0 Å². The second-order valence-electron chi connectivity index (χ2n) is 8.86. The molecule has 1 atom stereocenters. The zero-order valence-corrected chi connectivity index (χ0v) is 21.4. The van der Waals surface area contributed by atoms with Crippen molar-refractivity contribution in [3.8, 4) is 0 Å². The van der Waals surface area contributed by atoms with Crippen molar-refractivity contribution < 1.29 is 19.2 Å². The van der Waals surface area contributed by atoms with Crippen LogP contribution in [-0.4, -0.2) is 59.2 Å². The van der Waals surface area contributed by atoms with E-state index < -0.39 is 6.04 Å². The van der Waals surface area contributed by atoms with Crippen LogP contribution in [0.4, 0.5) is 5.13 Å². The molecule has 0 bridgehead atoms. The Morgan fingerprint density at radius 1 is 1.20 bits per heavy atom. The highest BCUT2D eigenvalue weighted by Gasteiger charge is 2.23. The van der Waals surface area contributed by atoms with Gasteiger partial charge >= 0.3 is 0 Å². The van der Waals surface area contributed by atoms with Gasteiger partial charge in [0.15, 0.2) is 5.13 Å². The van der Waals surface area contributed by atoms with Crippen LogP contribution in [0.25, 0.3) is 0 Å². The van der Waals surface area contributed by atoms with Gasteiger partial charge in [-0.25, -0.2) is 4.98 Å². The van der Waals surface area contributed by atoms with Crippen LogP contribution in [0.2, 0.25) is 5.02 Å². The van der Waals surface area contributed by atoms with Crippen LogP contribution >= 0.6 is 22.9 Å². The molecule has 3 N–H and O–H groups in total. The summed E-state index contributed by atoms with van der Waals surface area (Å²) in [4.78, 5) is 55.8. The molecular formula is C24H30ClN5O4S. The molecule has 35 heavy (non-hydrogen) atoms. The van der Waals surface area contributed by atoms with E-state index in [2.05, 4.69) is 20.9 Å². The van der Waals surface area contributed by atoms with E-state index in [1.165, 1.54) is 16.2 Å². The fourth-order valence-corrected chi connectivity index (χ4v) is 4.55. The summed E-state index contributed by atoms with van der Waals surface area (Å²) in [7, 11) is 0. The zero-order valence-electron chi connectivity index (χ0n) is 19.8. The molecule has 1 aromatic carbocycles. The molecule has 9 nitrogen and oxygen atoms in total. The number of rotatable bonds is 9. The number of thiazole rings is 1. The molecule has 0 radical (unpaired) electrons. The third kappa shape index (κ3) is 8.32. The van der Waals surface area contributed by atoms with Gasteiger partial charge in [0, 0.05) is 29.1 Å². The summed E-state index contributed by atoms with van der Waals surface area (Å²) >= 11 is 7.11. The van der Waals surface area contributed by atoms with Crippen LogP contribution in [-0.2, 0) is 20.8 Å². The van der Waals surface area contributed by atoms with Crippen LogP contribution in [0.15, 0.2) is 29.6 Å². The summed E-state index contributed by atoms with van der Waals surface area (Å²) in [5.74, 6) is -0.939. The fraction of sp³-hybridized carbons (Fsp3) is 0.458. The molecule has 0 saturated carbocycles. The normalized spacial score (nSPS) is 15.8. The lowest BCUT2D eigenvalue weighted by Crippen LogP contribution is -2.46. The first kappa shape index (κ1) is 26.6. The molecule has 0 aliphatic carbocycles. The number of nitrogens with one attached hydrogen (secondary N) is 3. The van der Waals surface area contributed by atoms with Crippen molar-refractivity contribution in [2.24, 2.45) is 5.92 Å². The first-order valence-corrected chi connectivity index (χ1v) is 12.8. The lowest BCUT2D eigenvalue weighted by molar-refractivity contribution is -0.128. The molecule has 1 aromatic heterocycles. The van der Waals surface area contributed by atoms with Crippen molar-refractivity contribution in [2.75, 3.05) is 25.0 Å². The van der Waals surface area contributed by atoms with Gasteiger partial charge in [0.25, 0.3) is 5.91 Å². The van der Waals surface area contributed by atoms with Gasteiger partial charge < -0.3 is 20.9 Å². The van der Waals surface area contributed by atoms with Gasteiger partial charge in [0.05, 0.1) is 12.1 Å². The Labute approximate surface area is 213 Å². The van der Waals surface area contributed by atoms with Gasteiger partial charge in [-0.05, 0) is 49.4 Å². The number of carbonyl (C=O) groups is 4. The Morgan fingerprint density at radius 2 is 1.94 bits per heavy atom. The second-order valence-corrected chi connectivity index (χ2v) is 10.2. The minimum Gasteiger partial charge on any atom is -0.354 e. The lowest BCUT2D eigenvalue weighted by Gasteiger charge is -2.24. The largest absolute Gasteiger partial charge is 0.354 e. The van der Waals surface area contributed by atoms with Gasteiger partial charge in [0.1, 0.15) is 12.6 Å². The number of amides is 4. The minimum absolute atomic E-state index is 0.00464. The van der Waals surface area contributed by atoms with Crippen LogP contribution < -0.4 is 16.0 Å². The molecule has 2 aromatic rings. The molecule has 0 unspecified atom stereocenters. The number of aromatic nitrogens is 1. The van der Waals surface area contributed by atoms with E-state index >= 15 is 0 Å². The molecule has 1 aliphatic heterocycles. The summed E-state index contributed by atoms with van der Waals surface area (Å²) in [5, 5.41) is 10.8. The van der Waals surface area contributed by atoms with E-state index in [4.69, 9.17) is 11.6 Å². The highest BCUT2D eigenvalue weighted by Crippen LogP contribution is 2.17. The SMILES string of the molecule is CC(C)CN(CC(=O)Nc1nc(CC(=O)N[C@H]2CCCCNC2=O)cs1)C(=O)c1ccc(Cl)cc1. The Balaban J connectivity index is 1.55. The minimum atomic E-state index is -0.534. The predicted molar refractivity (Wildman–Crippen MR) is 135 cm³/mol. The van der Waals surface area contributed by atoms with Gasteiger partial charge in [-0.2, -0.15) is 0 Å². The molecule has 1 fully saturated rings. The molecule has 11 heteroatoms. The topological polar surface area (TPSA) is 120 Å². The lowest BCUT2D eigenvalue weighted by atomic mass is 10.1. The Bertz CT molecular complexity index is 1060. The number of halogens is 1. The molecule has 1 saturated heterocycles. The Kier molecular flexibility index (Phi) is 9.62. The molecular weight excluding hydrogens is 490 g/mol. The standard InChI is InChI=1S/C24H30ClN5O4S/c1-15(2)12-30(23(34)16-6-8-17(25)9-7-16)13-21(32)29-24-27-18(14-35-24)11-20(31)28-19-5-3-4-10-26-22(19)33/h6-9,14-15,19H,3-5,10-13H2,1-2H3,(H,26,33)(H,28,31)(H,27,29,32)/t19-/m0/s1. The molecule has 1 aliphatic rings. The van der Waals surface area contributed by atoms with E-state index in [0.717, 1.165) is 12.8 Å². The van der Waals surface area contributed by atoms with E-state index in [1.54, 1.807) is 29.6 Å². The summed E-state index contributed by atoms with van der Waals surface area (Å²) in [6.07, 6.45) is 2.38. The number of anilines is 1. The number of benzene rings is 1. The first-order valence-electron chi connectivity index (χ1n) is 11.6. The number of nitrogens with zero attached hydrogens (tertiary/aromatic N) is 2. The van der Waals surface area contributed by atoms with Gasteiger partial charge in [-0.15, -0.1) is 11.3 Å². The monoisotopic (exact) mass is 519 g/mol. The Morgan fingerprint density at radius 3 is 2.66 bits per heavy atom. The summed E-state index contributed by atoms with van der Waals surface area (Å²) < 4.78 is 0. The van der Waals surface area contributed by atoms with Crippen LogP contribution in [0.1, 0.15) is 49.2 Å². The van der Waals surface area contributed by atoms with E-state index in [1.807, 2.05) is 13.8 Å². The van der Waals surface area contributed by atoms with Crippen LogP contribution in [0, 0.1) is 5.92 Å². The van der Waals surface area contributed by atoms with E-state index in [0.29, 0.717) is 40.9 Å². The molecule has 188 valence electrons. The van der Waals surface area contributed by atoms with Crippen molar-refractivity contribution in [1.29, 1.82) is 0 Å². The van der Waals surface area contributed by atoms with Crippen LogP contribution in [0.3, 0.4) is 0 Å². The quantitative estimate of drug-likeness (QED) is 0.470. The number of hydrogen-bond donors (Lipinski definition) is 3. The third-order valence-electron chi connectivity index (χ3n) is 5.31. The summed E-state index contributed by atoms with van der Waals surface area (Å²) in [5.41, 5.74) is 0.945. The van der Waals surface area contributed by atoms with Crippen molar-refractivity contribution in [2.45, 2.75) is 45.6 Å². The molecule has 2 heterocycles. The maximum Gasteiger partial charge on any atom is 0.254 e. The van der Waals surface area contributed by atoms with Crippen LogP contribution in [0.5, 0.6) is 0 Å². The number of hydrogen-bond acceptors (Lipinski definition) is 6. The predicted octanol–water partition coefficient (Wildman–Crippen LogP) is 2.86. The van der Waals surface area contributed by atoms with Crippen molar-refractivity contribution in [1.82, 2.24) is 20.5 Å². The highest BCUT2D eigenvalue weighted by atomic mass is 35.5. The average Bonchev–Trinajstić information content (AvgIpc) is 3.13. The maximum absolute atomic E-state index is 12.9. The average molecular weight is 520 g/mol. The van der Waals surface area contributed by atoms with Gasteiger partial charge in [-0.3, -0.25) is 19.2 Å². The third-order valence-corrected chi connectivity index (χ3v) is 6.37. The van der Waals surface area contributed by atoms with E-state index in [9.17, 15) is 19.2 Å². The summed E-state index contributed by atoms with van der Waals surface area (Å²) in [6.45, 7) is 4.84. The number of carbonyl (C=O) groups excluding carboxylic acids is 4. The van der Waals surface area contributed by atoms with Crippen molar-refractivity contribution in [3.05, 3.63) is 45.9 Å². The highest BCUT2D eigenvalue weighted by molar-refractivity contribution is 7.13. The van der Waals surface area contributed by atoms with Crippen molar-refractivity contribution >= 4 is 51.7 Å². The fourth-order valence-electron chi connectivity index (χ4n) is 3.70. The second kappa shape index (κ2) is 12.6. The van der Waals surface area contributed by atoms with Gasteiger partial charge in [0.2, 0.25) is 17.7 Å². The molecule has 3 rings (SSSR count). The van der Waals surface area contributed by atoms with E-state index in [-0.39, 0.29) is 42.5 Å². The smallest absolute Gasteiger partial charge is 0.254 e. The first-order chi connectivity index (χ1) is 16.7.